The number of halogens is 2. The molecule has 2 rings (SSSR count). The molecule has 1 heterocycles. The molecule has 0 saturated carbocycles. The quantitative estimate of drug-likeness (QED) is 0.862. The van der Waals surface area contributed by atoms with E-state index in [1.54, 1.807) is 11.0 Å². The lowest BCUT2D eigenvalue weighted by molar-refractivity contribution is 0.218. The Kier molecular flexibility index (Phi) is 3.49. The summed E-state index contributed by atoms with van der Waals surface area (Å²) in [7, 11) is 0. The van der Waals surface area contributed by atoms with Crippen LogP contribution in [-0.2, 0) is 0 Å². The van der Waals surface area contributed by atoms with Crippen LogP contribution in [0.3, 0.4) is 0 Å². The molecule has 0 bridgehead atoms. The molecule has 1 fully saturated rings. The molecule has 1 saturated heterocycles. The van der Waals surface area contributed by atoms with Crippen LogP contribution in [-0.4, -0.2) is 30.6 Å². The monoisotopic (exact) mass is 257 g/mol. The zero-order valence-corrected chi connectivity index (χ0v) is 9.88. The van der Waals surface area contributed by atoms with Crippen molar-refractivity contribution in [3.05, 3.63) is 34.6 Å². The average Bonchev–Trinajstić information content (AvgIpc) is 2.65. The maximum atomic E-state index is 13.0. The number of amides is 2. The molecule has 1 aromatic rings. The molecular formula is C11H13ClFN3O. The van der Waals surface area contributed by atoms with E-state index < -0.39 is 5.82 Å². The van der Waals surface area contributed by atoms with Gasteiger partial charge in [0.1, 0.15) is 5.82 Å². The van der Waals surface area contributed by atoms with Crippen molar-refractivity contribution in [2.24, 2.45) is 5.73 Å². The predicted molar refractivity (Wildman–Crippen MR) is 63.3 cm³/mol. The van der Waals surface area contributed by atoms with Crippen molar-refractivity contribution in [2.75, 3.05) is 19.6 Å². The minimum atomic E-state index is -0.460. The molecule has 92 valence electrons. The second kappa shape index (κ2) is 4.89. The lowest BCUT2D eigenvalue weighted by Gasteiger charge is -2.13. The van der Waals surface area contributed by atoms with E-state index in [1.165, 1.54) is 12.1 Å². The van der Waals surface area contributed by atoms with Gasteiger partial charge in [-0.2, -0.15) is 0 Å². The lowest BCUT2D eigenvalue weighted by Crippen LogP contribution is -2.32. The molecule has 3 N–H and O–H groups in total. The van der Waals surface area contributed by atoms with Gasteiger partial charge in [0.15, 0.2) is 0 Å². The molecule has 0 spiro atoms. The van der Waals surface area contributed by atoms with Crippen LogP contribution in [0.25, 0.3) is 0 Å². The third-order valence-corrected chi connectivity index (χ3v) is 3.02. The minimum Gasteiger partial charge on any atom is -0.329 e. The molecule has 1 unspecified atom stereocenters. The smallest absolute Gasteiger partial charge is 0.318 e. The van der Waals surface area contributed by atoms with Gasteiger partial charge in [0.05, 0.1) is 11.1 Å². The standard InChI is InChI=1S/C11H13ClFN3O/c12-8-5-7(1-2-9(8)13)10-6-16(4-3-14)11(17)15-10/h1-2,5,10H,3-4,6,14H2,(H,15,17). The number of nitrogens with two attached hydrogens (primary N) is 1. The Labute approximate surface area is 104 Å². The van der Waals surface area contributed by atoms with Crippen LogP contribution in [0.5, 0.6) is 0 Å². The number of hydrogen-bond donors (Lipinski definition) is 2. The fraction of sp³-hybridized carbons (Fsp3) is 0.364. The molecule has 0 aromatic heterocycles. The molecule has 1 aliphatic rings. The van der Waals surface area contributed by atoms with Gasteiger partial charge >= 0.3 is 6.03 Å². The van der Waals surface area contributed by atoms with E-state index in [9.17, 15) is 9.18 Å². The van der Waals surface area contributed by atoms with Gasteiger partial charge in [-0.1, -0.05) is 17.7 Å². The first kappa shape index (κ1) is 12.1. The predicted octanol–water partition coefficient (Wildman–Crippen LogP) is 1.50. The van der Waals surface area contributed by atoms with Crippen LogP contribution < -0.4 is 11.1 Å². The van der Waals surface area contributed by atoms with E-state index in [0.717, 1.165) is 5.56 Å². The van der Waals surface area contributed by atoms with E-state index >= 15 is 0 Å². The number of carbonyl (C=O) groups excluding carboxylic acids is 1. The molecule has 1 aromatic carbocycles. The van der Waals surface area contributed by atoms with Crippen LogP contribution in [0, 0.1) is 5.82 Å². The van der Waals surface area contributed by atoms with Crippen molar-refractivity contribution in [1.29, 1.82) is 0 Å². The fourth-order valence-electron chi connectivity index (χ4n) is 1.86. The molecule has 2 amide bonds. The summed E-state index contributed by atoms with van der Waals surface area (Å²) < 4.78 is 13.0. The summed E-state index contributed by atoms with van der Waals surface area (Å²) in [5, 5.41) is 2.87. The van der Waals surface area contributed by atoms with E-state index in [4.69, 9.17) is 17.3 Å². The Morgan fingerprint density at radius 1 is 1.59 bits per heavy atom. The summed E-state index contributed by atoms with van der Waals surface area (Å²) in [6.45, 7) is 1.46. The fourth-order valence-corrected chi connectivity index (χ4v) is 2.04. The molecule has 1 aliphatic heterocycles. The Balaban J connectivity index is 2.14. The summed E-state index contributed by atoms with van der Waals surface area (Å²) >= 11 is 5.70. The minimum absolute atomic E-state index is 0.0639. The molecule has 6 heteroatoms. The number of rotatable bonds is 3. The number of nitrogens with zero attached hydrogens (tertiary/aromatic N) is 1. The Bertz CT molecular complexity index is 441. The number of benzene rings is 1. The van der Waals surface area contributed by atoms with Gasteiger partial charge in [-0.05, 0) is 17.7 Å². The zero-order chi connectivity index (χ0) is 12.4. The molecule has 17 heavy (non-hydrogen) atoms. The van der Waals surface area contributed by atoms with Crippen molar-refractivity contribution in [1.82, 2.24) is 10.2 Å². The maximum absolute atomic E-state index is 13.0. The van der Waals surface area contributed by atoms with Crippen LogP contribution in [0.4, 0.5) is 9.18 Å². The second-order valence-corrected chi connectivity index (χ2v) is 4.32. The molecule has 4 nitrogen and oxygen atoms in total. The van der Waals surface area contributed by atoms with Crippen molar-refractivity contribution in [3.8, 4) is 0 Å². The highest BCUT2D eigenvalue weighted by Crippen LogP contribution is 2.24. The van der Waals surface area contributed by atoms with Gasteiger partial charge in [0.2, 0.25) is 0 Å². The number of urea groups is 1. The van der Waals surface area contributed by atoms with Crippen molar-refractivity contribution >= 4 is 17.6 Å². The summed E-state index contributed by atoms with van der Waals surface area (Å²) in [6, 6.07) is 4.15. The van der Waals surface area contributed by atoms with E-state index in [-0.39, 0.29) is 17.1 Å². The second-order valence-electron chi connectivity index (χ2n) is 3.91. The molecule has 1 atom stereocenters. The Hall–Kier alpha value is -1.33. The summed E-state index contributed by atoms with van der Waals surface area (Å²) in [5.41, 5.74) is 6.20. The maximum Gasteiger partial charge on any atom is 0.318 e. The van der Waals surface area contributed by atoms with Crippen molar-refractivity contribution in [2.45, 2.75) is 6.04 Å². The van der Waals surface area contributed by atoms with Crippen molar-refractivity contribution in [3.63, 3.8) is 0 Å². The third-order valence-electron chi connectivity index (χ3n) is 2.73. The SMILES string of the molecule is NCCN1CC(c2ccc(F)c(Cl)c2)NC1=O. The van der Waals surface area contributed by atoms with Gasteiger partial charge in [-0.3, -0.25) is 0 Å². The lowest BCUT2D eigenvalue weighted by atomic mass is 10.1. The highest BCUT2D eigenvalue weighted by Gasteiger charge is 2.29. The Morgan fingerprint density at radius 3 is 3.00 bits per heavy atom. The molecular weight excluding hydrogens is 245 g/mol. The highest BCUT2D eigenvalue weighted by molar-refractivity contribution is 6.30. The van der Waals surface area contributed by atoms with Crippen LogP contribution in [0.1, 0.15) is 11.6 Å². The Morgan fingerprint density at radius 2 is 2.35 bits per heavy atom. The van der Waals surface area contributed by atoms with E-state index in [2.05, 4.69) is 5.32 Å². The van der Waals surface area contributed by atoms with Crippen LogP contribution in [0.15, 0.2) is 18.2 Å². The van der Waals surface area contributed by atoms with Crippen LogP contribution in [0.2, 0.25) is 5.02 Å². The van der Waals surface area contributed by atoms with Gasteiger partial charge < -0.3 is 16.0 Å². The van der Waals surface area contributed by atoms with Gasteiger partial charge in [0.25, 0.3) is 0 Å². The topological polar surface area (TPSA) is 58.4 Å². The van der Waals surface area contributed by atoms with Gasteiger partial charge in [-0.25, -0.2) is 9.18 Å². The number of carbonyl (C=O) groups is 1. The zero-order valence-electron chi connectivity index (χ0n) is 9.12. The average molecular weight is 258 g/mol. The van der Waals surface area contributed by atoms with Gasteiger partial charge in [0, 0.05) is 19.6 Å². The molecule has 0 radical (unpaired) electrons. The summed E-state index contributed by atoms with van der Waals surface area (Å²) in [5.74, 6) is -0.460. The number of hydrogen-bond acceptors (Lipinski definition) is 2. The highest BCUT2D eigenvalue weighted by atomic mass is 35.5. The first-order valence-electron chi connectivity index (χ1n) is 5.32. The van der Waals surface area contributed by atoms with Gasteiger partial charge in [-0.15, -0.1) is 0 Å². The normalized spacial score (nSPS) is 19.6. The largest absolute Gasteiger partial charge is 0.329 e. The first-order chi connectivity index (χ1) is 8.11. The van der Waals surface area contributed by atoms with E-state index in [1.807, 2.05) is 0 Å². The summed E-state index contributed by atoms with van der Waals surface area (Å²) in [6.07, 6.45) is 0. The third kappa shape index (κ3) is 2.50. The number of nitrogens with one attached hydrogen (secondary N) is 1. The first-order valence-corrected chi connectivity index (χ1v) is 5.70. The van der Waals surface area contributed by atoms with Crippen molar-refractivity contribution < 1.29 is 9.18 Å². The molecule has 0 aliphatic carbocycles. The van der Waals surface area contributed by atoms with Crippen LogP contribution >= 0.6 is 11.6 Å². The summed E-state index contributed by atoms with van der Waals surface area (Å²) in [4.78, 5) is 13.2. The van der Waals surface area contributed by atoms with E-state index in [0.29, 0.717) is 19.6 Å².